The third-order valence-electron chi connectivity index (χ3n) is 4.39. The van der Waals surface area contributed by atoms with E-state index in [-0.39, 0.29) is 5.97 Å². The fourth-order valence-electron chi connectivity index (χ4n) is 2.88. The van der Waals surface area contributed by atoms with Crippen molar-refractivity contribution in [2.24, 2.45) is 0 Å². The van der Waals surface area contributed by atoms with Crippen molar-refractivity contribution >= 4 is 55.7 Å². The molecule has 4 rings (SSSR count). The van der Waals surface area contributed by atoms with E-state index in [9.17, 15) is 4.79 Å². The first kappa shape index (κ1) is 19.6. The van der Waals surface area contributed by atoms with Crippen molar-refractivity contribution in [2.75, 3.05) is 23.0 Å². The number of nitrogen functional groups attached to an aromatic ring is 1. The second-order valence-electron chi connectivity index (χ2n) is 6.47. The Morgan fingerprint density at radius 2 is 1.83 bits per heavy atom. The summed E-state index contributed by atoms with van der Waals surface area (Å²) in [7, 11) is 0. The van der Waals surface area contributed by atoms with Crippen LogP contribution in [0.5, 0.6) is 0 Å². The predicted octanol–water partition coefficient (Wildman–Crippen LogP) is 4.64. The Bertz CT molecular complexity index is 1210. The van der Waals surface area contributed by atoms with E-state index in [1.54, 1.807) is 31.2 Å². The molecular formula is C21H20N6O2S. The molecule has 4 N–H and O–H groups in total. The Morgan fingerprint density at radius 1 is 1.10 bits per heavy atom. The maximum Gasteiger partial charge on any atom is 0.338 e. The van der Waals surface area contributed by atoms with Gasteiger partial charge in [0.2, 0.25) is 0 Å². The van der Waals surface area contributed by atoms with Gasteiger partial charge in [-0.25, -0.2) is 19.7 Å². The number of hydrogen-bond donors (Lipinski definition) is 3. The average molecular weight is 420 g/mol. The lowest BCUT2D eigenvalue weighted by molar-refractivity contribution is 0.0526. The Hall–Kier alpha value is -3.72. The van der Waals surface area contributed by atoms with Gasteiger partial charge in [-0.1, -0.05) is 23.5 Å². The Morgan fingerprint density at radius 3 is 2.53 bits per heavy atom. The van der Waals surface area contributed by atoms with Crippen molar-refractivity contribution in [1.29, 1.82) is 0 Å². The summed E-state index contributed by atoms with van der Waals surface area (Å²) in [4.78, 5) is 24.9. The minimum atomic E-state index is -0.358. The molecule has 0 aliphatic rings. The summed E-state index contributed by atoms with van der Waals surface area (Å²) in [6.07, 6.45) is 1.42. The molecule has 0 atom stereocenters. The second-order valence-corrected chi connectivity index (χ2v) is 7.50. The van der Waals surface area contributed by atoms with Crippen LogP contribution in [-0.4, -0.2) is 27.5 Å². The molecule has 0 bridgehead atoms. The number of nitrogens with zero attached hydrogens (tertiary/aromatic N) is 3. The van der Waals surface area contributed by atoms with Crippen LogP contribution < -0.4 is 16.4 Å². The molecule has 0 aliphatic carbocycles. The third-order valence-corrected chi connectivity index (χ3v) is 5.32. The van der Waals surface area contributed by atoms with Crippen LogP contribution in [0.1, 0.15) is 22.8 Å². The van der Waals surface area contributed by atoms with Crippen LogP contribution in [-0.2, 0) is 4.74 Å². The second kappa shape index (κ2) is 8.34. The summed E-state index contributed by atoms with van der Waals surface area (Å²) in [5.74, 6) is 0.559. The van der Waals surface area contributed by atoms with E-state index >= 15 is 0 Å². The van der Waals surface area contributed by atoms with Gasteiger partial charge in [-0.3, -0.25) is 0 Å². The minimum absolute atomic E-state index is 0.334. The summed E-state index contributed by atoms with van der Waals surface area (Å²) in [6.45, 7) is 4.13. The van der Waals surface area contributed by atoms with Gasteiger partial charge in [-0.05, 0) is 49.7 Å². The van der Waals surface area contributed by atoms with Crippen molar-refractivity contribution in [3.63, 3.8) is 0 Å². The number of anilines is 5. The Labute approximate surface area is 177 Å². The molecule has 0 saturated carbocycles. The molecule has 0 spiro atoms. The van der Waals surface area contributed by atoms with Gasteiger partial charge in [0.05, 0.1) is 22.4 Å². The number of para-hydroxylation sites is 1. The van der Waals surface area contributed by atoms with Crippen molar-refractivity contribution in [1.82, 2.24) is 15.0 Å². The van der Waals surface area contributed by atoms with E-state index < -0.39 is 0 Å². The van der Waals surface area contributed by atoms with E-state index in [0.29, 0.717) is 34.6 Å². The summed E-state index contributed by atoms with van der Waals surface area (Å²) in [6, 6.07) is 12.9. The number of carbonyl (C=O) groups excluding carboxylic acids is 1. The van der Waals surface area contributed by atoms with Gasteiger partial charge in [0.1, 0.15) is 12.0 Å². The number of ether oxygens (including phenoxy) is 1. The number of nitrogens with two attached hydrogens (primary N) is 1. The molecule has 8 nitrogen and oxygen atoms in total. The van der Waals surface area contributed by atoms with E-state index in [4.69, 9.17) is 10.5 Å². The highest BCUT2D eigenvalue weighted by atomic mass is 32.1. The quantitative estimate of drug-likeness (QED) is 0.386. The molecular weight excluding hydrogens is 400 g/mol. The molecule has 30 heavy (non-hydrogen) atoms. The Kier molecular flexibility index (Phi) is 5.44. The fourth-order valence-corrected chi connectivity index (χ4v) is 3.82. The van der Waals surface area contributed by atoms with Crippen molar-refractivity contribution in [2.45, 2.75) is 13.8 Å². The van der Waals surface area contributed by atoms with Gasteiger partial charge in [-0.2, -0.15) is 0 Å². The number of hydrogen-bond acceptors (Lipinski definition) is 9. The zero-order valence-corrected chi connectivity index (χ0v) is 17.3. The molecule has 0 aliphatic heterocycles. The zero-order chi connectivity index (χ0) is 21.1. The first-order valence-electron chi connectivity index (χ1n) is 9.33. The number of benzene rings is 2. The molecule has 0 amide bonds. The maximum absolute atomic E-state index is 11.8. The third kappa shape index (κ3) is 4.01. The molecule has 2 aromatic carbocycles. The molecule has 0 radical (unpaired) electrons. The number of rotatable bonds is 6. The van der Waals surface area contributed by atoms with Gasteiger partial charge in [0, 0.05) is 5.69 Å². The van der Waals surface area contributed by atoms with Crippen molar-refractivity contribution in [3.8, 4) is 0 Å². The molecule has 4 aromatic rings. The SMILES string of the molecule is CCOC(=O)c1ccc(Nc2ncnc(Nc3nc4c(C)cccc4s3)c2N)cc1. The topological polar surface area (TPSA) is 115 Å². The lowest BCUT2D eigenvalue weighted by atomic mass is 10.2. The zero-order valence-electron chi connectivity index (χ0n) is 16.5. The van der Waals surface area contributed by atoms with E-state index in [2.05, 4.69) is 25.6 Å². The van der Waals surface area contributed by atoms with Crippen LogP contribution in [0.25, 0.3) is 10.2 Å². The summed E-state index contributed by atoms with van der Waals surface area (Å²) in [5.41, 5.74) is 9.92. The number of thiazole rings is 1. The predicted molar refractivity (Wildman–Crippen MR) is 120 cm³/mol. The molecule has 152 valence electrons. The van der Waals surface area contributed by atoms with Crippen LogP contribution in [0.4, 0.5) is 28.1 Å². The average Bonchev–Trinajstić information content (AvgIpc) is 3.16. The van der Waals surface area contributed by atoms with Gasteiger partial charge in [-0.15, -0.1) is 0 Å². The van der Waals surface area contributed by atoms with Crippen LogP contribution in [0.2, 0.25) is 0 Å². The van der Waals surface area contributed by atoms with Gasteiger partial charge >= 0.3 is 5.97 Å². The van der Waals surface area contributed by atoms with E-state index in [1.165, 1.54) is 17.7 Å². The highest BCUT2D eigenvalue weighted by Gasteiger charge is 2.12. The van der Waals surface area contributed by atoms with Gasteiger partial charge < -0.3 is 21.1 Å². The first-order chi connectivity index (χ1) is 14.5. The smallest absolute Gasteiger partial charge is 0.338 e. The highest BCUT2D eigenvalue weighted by molar-refractivity contribution is 7.22. The standard InChI is InChI=1S/C21H20N6O2S/c1-3-29-20(28)13-7-9-14(10-8-13)25-18-16(22)19(24-11-23-18)27-21-26-17-12(2)5-4-6-15(17)30-21/h4-11H,3,22H2,1-2H3,(H2,23,24,25,26,27). The van der Waals surface area contributed by atoms with E-state index in [1.807, 2.05) is 25.1 Å². The van der Waals surface area contributed by atoms with Crippen LogP contribution in [0, 0.1) is 6.92 Å². The molecule has 0 unspecified atom stereocenters. The van der Waals surface area contributed by atoms with Gasteiger partial charge in [0.15, 0.2) is 16.8 Å². The normalized spacial score (nSPS) is 10.7. The molecule has 2 aromatic heterocycles. The first-order valence-corrected chi connectivity index (χ1v) is 10.1. The molecule has 2 heterocycles. The summed E-state index contributed by atoms with van der Waals surface area (Å²) < 4.78 is 6.08. The summed E-state index contributed by atoms with van der Waals surface area (Å²) >= 11 is 1.53. The number of carbonyl (C=O) groups is 1. The summed E-state index contributed by atoms with van der Waals surface area (Å²) in [5, 5.41) is 7.03. The minimum Gasteiger partial charge on any atom is -0.462 e. The number of esters is 1. The Balaban J connectivity index is 1.54. The highest BCUT2D eigenvalue weighted by Crippen LogP contribution is 2.33. The lowest BCUT2D eigenvalue weighted by Crippen LogP contribution is -2.06. The lowest BCUT2D eigenvalue weighted by Gasteiger charge is -2.11. The molecule has 0 saturated heterocycles. The maximum atomic E-state index is 11.8. The van der Waals surface area contributed by atoms with Crippen LogP contribution >= 0.6 is 11.3 Å². The number of aryl methyl sites for hydroxylation is 1. The number of nitrogens with one attached hydrogen (secondary N) is 2. The van der Waals surface area contributed by atoms with Crippen LogP contribution in [0.15, 0.2) is 48.8 Å². The van der Waals surface area contributed by atoms with Gasteiger partial charge in [0.25, 0.3) is 0 Å². The molecule has 9 heteroatoms. The molecule has 0 fully saturated rings. The van der Waals surface area contributed by atoms with Crippen molar-refractivity contribution < 1.29 is 9.53 Å². The van der Waals surface area contributed by atoms with E-state index in [0.717, 1.165) is 21.5 Å². The van der Waals surface area contributed by atoms with Crippen LogP contribution in [0.3, 0.4) is 0 Å². The fraction of sp³-hybridized carbons (Fsp3) is 0.143. The number of aromatic nitrogens is 3. The largest absolute Gasteiger partial charge is 0.462 e. The monoisotopic (exact) mass is 420 g/mol. The van der Waals surface area contributed by atoms with Crippen molar-refractivity contribution in [3.05, 3.63) is 59.9 Å². The number of fused-ring (bicyclic) bond motifs is 1.